The number of unbranched alkanes of at least 4 members (excludes halogenated alkanes) is 1. The smallest absolute Gasteiger partial charge is 0.160 e. The van der Waals surface area contributed by atoms with E-state index in [-0.39, 0.29) is 29.6 Å². The van der Waals surface area contributed by atoms with Crippen molar-refractivity contribution in [1.82, 2.24) is 0 Å². The predicted octanol–water partition coefficient (Wildman–Crippen LogP) is 2.36. The van der Waals surface area contributed by atoms with Crippen molar-refractivity contribution in [3.05, 3.63) is 23.8 Å². The normalized spacial score (nSPS) is 9.29. The molecule has 0 atom stereocenters. The van der Waals surface area contributed by atoms with E-state index in [1.807, 2.05) is 12.1 Å². The first kappa shape index (κ1) is 13.8. The molecule has 0 saturated carbocycles. The summed E-state index contributed by atoms with van der Waals surface area (Å²) < 4.78 is 5.02. The van der Waals surface area contributed by atoms with Gasteiger partial charge in [-0.05, 0) is 24.5 Å². The van der Waals surface area contributed by atoms with Gasteiger partial charge in [-0.3, -0.25) is 0 Å². The number of hydrogen-bond acceptors (Lipinski definition) is 2. The summed E-state index contributed by atoms with van der Waals surface area (Å²) in [7, 11) is 1.57. The Balaban J connectivity index is 0.00000169. The van der Waals surface area contributed by atoms with Crippen LogP contribution in [-0.2, 0) is 6.42 Å². The Labute approximate surface area is 108 Å². The number of hydrogen-bond donors (Lipinski definition) is 1. The molecular weight excluding hydrogens is 187 g/mol. The maximum Gasteiger partial charge on any atom is 0.160 e. The summed E-state index contributed by atoms with van der Waals surface area (Å²) >= 11 is 0. The third kappa shape index (κ3) is 3.52. The van der Waals surface area contributed by atoms with E-state index in [4.69, 9.17) is 4.74 Å². The molecule has 2 nitrogen and oxygen atoms in total. The van der Waals surface area contributed by atoms with Gasteiger partial charge in [0.05, 0.1) is 7.11 Å². The van der Waals surface area contributed by atoms with Crippen LogP contribution in [0, 0.1) is 0 Å². The molecule has 0 bridgehead atoms. The predicted molar refractivity (Wildman–Crippen MR) is 59.0 cm³/mol. The number of aryl methyl sites for hydroxylation is 1. The molecule has 73 valence electrons. The number of phenols is 1. The number of para-hydroxylation sites is 1. The molecule has 1 aromatic carbocycles. The van der Waals surface area contributed by atoms with Crippen LogP contribution in [0.25, 0.3) is 0 Å². The maximum atomic E-state index is 9.69. The maximum absolute atomic E-state index is 9.69. The van der Waals surface area contributed by atoms with Crippen molar-refractivity contribution >= 4 is 29.6 Å². The first-order chi connectivity index (χ1) is 6.29. The van der Waals surface area contributed by atoms with Gasteiger partial charge in [-0.15, -0.1) is 0 Å². The summed E-state index contributed by atoms with van der Waals surface area (Å²) in [4.78, 5) is 0. The number of aromatic hydroxyl groups is 1. The molecule has 0 saturated heterocycles. The van der Waals surface area contributed by atoms with Gasteiger partial charge < -0.3 is 9.84 Å². The van der Waals surface area contributed by atoms with Crippen LogP contribution in [0.1, 0.15) is 25.3 Å². The fourth-order valence-corrected chi connectivity index (χ4v) is 1.30. The second-order valence-electron chi connectivity index (χ2n) is 3.07. The number of rotatable bonds is 4. The van der Waals surface area contributed by atoms with Gasteiger partial charge in [0, 0.05) is 29.6 Å². The van der Waals surface area contributed by atoms with Crippen molar-refractivity contribution in [2.75, 3.05) is 7.11 Å². The topological polar surface area (TPSA) is 29.5 Å². The second-order valence-corrected chi connectivity index (χ2v) is 3.07. The van der Waals surface area contributed by atoms with E-state index < -0.39 is 0 Å². The fourth-order valence-electron chi connectivity index (χ4n) is 1.30. The first-order valence-corrected chi connectivity index (χ1v) is 4.64. The molecule has 0 aliphatic rings. The van der Waals surface area contributed by atoms with Gasteiger partial charge in [0.1, 0.15) is 0 Å². The Kier molecular flexibility index (Phi) is 7.06. The van der Waals surface area contributed by atoms with E-state index in [0.29, 0.717) is 11.5 Å². The molecule has 0 spiro atoms. The number of methoxy groups -OCH3 is 1. The van der Waals surface area contributed by atoms with Crippen molar-refractivity contribution in [3.63, 3.8) is 0 Å². The molecule has 1 rings (SSSR count). The minimum Gasteiger partial charge on any atom is -0.504 e. The summed E-state index contributed by atoms with van der Waals surface area (Å²) in [6, 6.07) is 5.61. The molecular formula is C11H16NaO2. The Hall–Kier alpha value is -0.180. The van der Waals surface area contributed by atoms with Crippen LogP contribution in [0.15, 0.2) is 18.2 Å². The van der Waals surface area contributed by atoms with Gasteiger partial charge in [-0.25, -0.2) is 0 Å². The molecule has 0 fully saturated rings. The average Bonchev–Trinajstić information content (AvgIpc) is 2.16. The summed E-state index contributed by atoms with van der Waals surface area (Å²) in [6.45, 7) is 2.14. The summed E-state index contributed by atoms with van der Waals surface area (Å²) in [5.74, 6) is 0.854. The van der Waals surface area contributed by atoms with E-state index in [0.717, 1.165) is 24.8 Å². The van der Waals surface area contributed by atoms with Crippen LogP contribution >= 0.6 is 0 Å². The summed E-state index contributed by atoms with van der Waals surface area (Å²) in [5.41, 5.74) is 0.973. The van der Waals surface area contributed by atoms with Crippen molar-refractivity contribution in [2.45, 2.75) is 26.2 Å². The van der Waals surface area contributed by atoms with Crippen LogP contribution in [0.5, 0.6) is 11.5 Å². The van der Waals surface area contributed by atoms with Gasteiger partial charge in [0.25, 0.3) is 0 Å². The monoisotopic (exact) mass is 203 g/mol. The van der Waals surface area contributed by atoms with Crippen LogP contribution in [0.2, 0.25) is 0 Å². The zero-order valence-electron chi connectivity index (χ0n) is 9.21. The third-order valence-electron chi connectivity index (χ3n) is 2.10. The zero-order chi connectivity index (χ0) is 9.68. The van der Waals surface area contributed by atoms with Crippen molar-refractivity contribution in [2.24, 2.45) is 0 Å². The molecule has 1 N–H and O–H groups in total. The number of phenolic OH excluding ortho intramolecular Hbond substituents is 1. The van der Waals surface area contributed by atoms with Crippen LogP contribution < -0.4 is 4.74 Å². The van der Waals surface area contributed by atoms with E-state index in [2.05, 4.69) is 6.92 Å². The quantitative estimate of drug-likeness (QED) is 0.761. The second kappa shape index (κ2) is 7.16. The van der Waals surface area contributed by atoms with Gasteiger partial charge in [0.2, 0.25) is 0 Å². The largest absolute Gasteiger partial charge is 0.504 e. The van der Waals surface area contributed by atoms with Crippen molar-refractivity contribution in [1.29, 1.82) is 0 Å². The van der Waals surface area contributed by atoms with Gasteiger partial charge in [-0.1, -0.05) is 25.5 Å². The van der Waals surface area contributed by atoms with E-state index >= 15 is 0 Å². The summed E-state index contributed by atoms with van der Waals surface area (Å²) in [5, 5.41) is 9.69. The molecule has 3 heteroatoms. The fraction of sp³-hybridized carbons (Fsp3) is 0.455. The molecule has 0 aliphatic carbocycles. The van der Waals surface area contributed by atoms with E-state index in [9.17, 15) is 5.11 Å². The van der Waals surface area contributed by atoms with Crippen LogP contribution in [0.4, 0.5) is 0 Å². The van der Waals surface area contributed by atoms with Crippen molar-refractivity contribution in [3.8, 4) is 11.5 Å². The SMILES string of the molecule is CCCCc1cccc(OC)c1O.[Na]. The molecule has 0 amide bonds. The molecule has 0 heterocycles. The minimum atomic E-state index is 0. The molecule has 1 aromatic rings. The Morgan fingerprint density at radius 2 is 2.07 bits per heavy atom. The van der Waals surface area contributed by atoms with Gasteiger partial charge in [0.15, 0.2) is 11.5 Å². The Morgan fingerprint density at radius 3 is 2.64 bits per heavy atom. The van der Waals surface area contributed by atoms with E-state index in [1.54, 1.807) is 13.2 Å². The molecule has 14 heavy (non-hydrogen) atoms. The molecule has 0 aliphatic heterocycles. The van der Waals surface area contributed by atoms with Crippen LogP contribution in [0.3, 0.4) is 0 Å². The first-order valence-electron chi connectivity index (χ1n) is 4.64. The van der Waals surface area contributed by atoms with Crippen molar-refractivity contribution < 1.29 is 9.84 Å². The standard InChI is InChI=1S/C11H16O2.Na/c1-3-4-6-9-7-5-8-10(13-2)11(9)12;/h5,7-8,12H,3-4,6H2,1-2H3;. The Bertz CT molecular complexity index is 274. The third-order valence-corrected chi connectivity index (χ3v) is 2.10. The van der Waals surface area contributed by atoms with Crippen LogP contribution in [-0.4, -0.2) is 41.8 Å². The van der Waals surface area contributed by atoms with Gasteiger partial charge in [-0.2, -0.15) is 0 Å². The summed E-state index contributed by atoms with van der Waals surface area (Å²) in [6.07, 6.45) is 3.15. The Morgan fingerprint density at radius 1 is 1.36 bits per heavy atom. The molecule has 1 radical (unpaired) electrons. The molecule has 0 unspecified atom stereocenters. The zero-order valence-corrected chi connectivity index (χ0v) is 11.2. The minimum absolute atomic E-state index is 0. The number of benzene rings is 1. The van der Waals surface area contributed by atoms with Gasteiger partial charge >= 0.3 is 0 Å². The number of ether oxygens (including phenoxy) is 1. The molecule has 0 aromatic heterocycles. The average molecular weight is 203 g/mol. The van der Waals surface area contributed by atoms with E-state index in [1.165, 1.54) is 0 Å².